The maximum Gasteiger partial charge on any atom is 0.240 e. The van der Waals surface area contributed by atoms with Crippen molar-refractivity contribution in [2.24, 2.45) is 5.41 Å². The molecule has 20 heavy (non-hydrogen) atoms. The Bertz CT molecular complexity index is 554. The van der Waals surface area contributed by atoms with Gasteiger partial charge in [0.1, 0.15) is 0 Å². The third-order valence-electron chi connectivity index (χ3n) is 3.29. The second kappa shape index (κ2) is 6.56. The van der Waals surface area contributed by atoms with Crippen LogP contribution in [0.25, 0.3) is 0 Å². The maximum absolute atomic E-state index is 12.4. The first-order chi connectivity index (χ1) is 9.22. The summed E-state index contributed by atoms with van der Waals surface area (Å²) in [5.41, 5.74) is 6.56. The quantitative estimate of drug-likeness (QED) is 0.666. The Morgan fingerprint density at radius 3 is 2.55 bits per heavy atom. The number of aliphatic hydroxyl groups is 1. The molecule has 1 aromatic rings. The van der Waals surface area contributed by atoms with Crippen molar-refractivity contribution in [3.8, 4) is 0 Å². The van der Waals surface area contributed by atoms with Crippen molar-refractivity contribution < 1.29 is 13.5 Å². The highest BCUT2D eigenvalue weighted by molar-refractivity contribution is 7.89. The molecular formula is C14H24N2O3S. The molecule has 0 atom stereocenters. The number of sulfonamides is 1. The fourth-order valence-corrected chi connectivity index (χ4v) is 3.46. The van der Waals surface area contributed by atoms with E-state index in [-0.39, 0.29) is 23.5 Å². The number of rotatable bonds is 7. The van der Waals surface area contributed by atoms with E-state index in [0.717, 1.165) is 5.56 Å². The minimum absolute atomic E-state index is 0.0349. The van der Waals surface area contributed by atoms with Crippen LogP contribution in [0.5, 0.6) is 0 Å². The molecule has 6 heteroatoms. The minimum atomic E-state index is -3.59. The van der Waals surface area contributed by atoms with Gasteiger partial charge in [-0.25, -0.2) is 13.1 Å². The van der Waals surface area contributed by atoms with Crippen LogP contribution in [0.4, 0.5) is 5.69 Å². The summed E-state index contributed by atoms with van der Waals surface area (Å²) < 4.78 is 27.4. The van der Waals surface area contributed by atoms with Gasteiger partial charge in [-0.15, -0.1) is 0 Å². The van der Waals surface area contributed by atoms with Crippen LogP contribution in [0, 0.1) is 5.41 Å². The molecule has 0 saturated carbocycles. The zero-order valence-corrected chi connectivity index (χ0v) is 13.1. The van der Waals surface area contributed by atoms with Crippen molar-refractivity contribution in [2.45, 2.75) is 38.5 Å². The largest absolute Gasteiger partial charge is 0.399 e. The van der Waals surface area contributed by atoms with E-state index in [1.165, 1.54) is 6.07 Å². The highest BCUT2D eigenvalue weighted by Crippen LogP contribution is 2.22. The number of nitrogen functional groups attached to an aromatic ring is 1. The van der Waals surface area contributed by atoms with Crippen molar-refractivity contribution in [3.63, 3.8) is 0 Å². The molecule has 0 unspecified atom stereocenters. The Hall–Kier alpha value is -1.11. The van der Waals surface area contributed by atoms with Crippen LogP contribution in [0.3, 0.4) is 0 Å². The number of hydrogen-bond acceptors (Lipinski definition) is 4. The van der Waals surface area contributed by atoms with Gasteiger partial charge in [0.15, 0.2) is 0 Å². The Balaban J connectivity index is 2.97. The monoisotopic (exact) mass is 300 g/mol. The van der Waals surface area contributed by atoms with E-state index >= 15 is 0 Å². The molecule has 4 N–H and O–H groups in total. The molecule has 0 aliphatic heterocycles. The summed E-state index contributed by atoms with van der Waals surface area (Å²) in [6.07, 6.45) is 1.16. The fourth-order valence-electron chi connectivity index (χ4n) is 1.87. The van der Waals surface area contributed by atoms with Gasteiger partial charge in [0.2, 0.25) is 10.0 Å². The van der Waals surface area contributed by atoms with Crippen LogP contribution in [0.2, 0.25) is 0 Å². The lowest BCUT2D eigenvalue weighted by Crippen LogP contribution is -2.35. The molecule has 114 valence electrons. The predicted molar refractivity (Wildman–Crippen MR) is 80.9 cm³/mol. The minimum Gasteiger partial charge on any atom is -0.399 e. The lowest BCUT2D eigenvalue weighted by molar-refractivity contribution is 0.213. The second-order valence-corrected chi connectivity index (χ2v) is 7.42. The van der Waals surface area contributed by atoms with Gasteiger partial charge in [0.25, 0.3) is 0 Å². The van der Waals surface area contributed by atoms with Gasteiger partial charge in [-0.2, -0.15) is 0 Å². The highest BCUT2D eigenvalue weighted by atomic mass is 32.2. The lowest BCUT2D eigenvalue weighted by Gasteiger charge is -2.24. The third kappa shape index (κ3) is 4.47. The van der Waals surface area contributed by atoms with Gasteiger partial charge in [0.05, 0.1) is 4.90 Å². The molecule has 0 spiro atoms. The molecule has 0 amide bonds. The van der Waals surface area contributed by atoms with E-state index in [1.807, 2.05) is 20.8 Å². The zero-order valence-electron chi connectivity index (χ0n) is 12.3. The van der Waals surface area contributed by atoms with E-state index in [2.05, 4.69) is 4.72 Å². The number of aliphatic hydroxyl groups excluding tert-OH is 1. The predicted octanol–water partition coefficient (Wildman–Crippen LogP) is 1.52. The Kier molecular flexibility index (Phi) is 5.56. The van der Waals surface area contributed by atoms with E-state index < -0.39 is 10.0 Å². The van der Waals surface area contributed by atoms with Crippen molar-refractivity contribution >= 4 is 15.7 Å². The molecule has 0 radical (unpaired) electrons. The number of nitrogens with two attached hydrogens (primary N) is 1. The Morgan fingerprint density at radius 2 is 2.00 bits per heavy atom. The smallest absolute Gasteiger partial charge is 0.240 e. The van der Waals surface area contributed by atoms with Crippen LogP contribution < -0.4 is 10.5 Å². The van der Waals surface area contributed by atoms with E-state index in [4.69, 9.17) is 10.8 Å². The van der Waals surface area contributed by atoms with Gasteiger partial charge in [0, 0.05) is 18.8 Å². The fraction of sp³-hybridized carbons (Fsp3) is 0.571. The third-order valence-corrected chi connectivity index (χ3v) is 4.77. The molecule has 0 bridgehead atoms. The molecule has 0 aliphatic rings. The van der Waals surface area contributed by atoms with Gasteiger partial charge in [-0.3, -0.25) is 0 Å². The number of hydrogen-bond donors (Lipinski definition) is 3. The average molecular weight is 300 g/mol. The standard InChI is InChI=1S/C14H24N2O3S/c1-4-11-5-6-12(15)9-13(11)20(18,19)16-10-14(2,3)7-8-17/h5-6,9,16-17H,4,7-8,10,15H2,1-3H3. The van der Waals surface area contributed by atoms with Crippen molar-refractivity contribution in [3.05, 3.63) is 23.8 Å². The summed E-state index contributed by atoms with van der Waals surface area (Å²) in [5.74, 6) is 0. The van der Waals surface area contributed by atoms with Gasteiger partial charge in [-0.1, -0.05) is 26.8 Å². The summed E-state index contributed by atoms with van der Waals surface area (Å²) >= 11 is 0. The summed E-state index contributed by atoms with van der Waals surface area (Å²) in [6.45, 7) is 6.03. The first kappa shape index (κ1) is 16.9. The Morgan fingerprint density at radius 1 is 1.35 bits per heavy atom. The SMILES string of the molecule is CCc1ccc(N)cc1S(=O)(=O)NCC(C)(C)CCO. The molecule has 1 aromatic carbocycles. The first-order valence-corrected chi connectivity index (χ1v) is 8.19. The highest BCUT2D eigenvalue weighted by Gasteiger charge is 2.23. The molecule has 0 aromatic heterocycles. The van der Waals surface area contributed by atoms with E-state index in [1.54, 1.807) is 12.1 Å². The van der Waals surface area contributed by atoms with Crippen LogP contribution in [0.15, 0.2) is 23.1 Å². The van der Waals surface area contributed by atoms with Crippen LogP contribution in [-0.4, -0.2) is 26.7 Å². The van der Waals surface area contributed by atoms with Gasteiger partial charge >= 0.3 is 0 Å². The molecule has 5 nitrogen and oxygen atoms in total. The van der Waals surface area contributed by atoms with Crippen LogP contribution >= 0.6 is 0 Å². The van der Waals surface area contributed by atoms with E-state index in [0.29, 0.717) is 18.5 Å². The molecule has 0 saturated heterocycles. The number of benzene rings is 1. The molecule has 0 aliphatic carbocycles. The summed E-state index contributed by atoms with van der Waals surface area (Å²) in [5, 5.41) is 8.97. The van der Waals surface area contributed by atoms with Crippen molar-refractivity contribution in [2.75, 3.05) is 18.9 Å². The zero-order chi connectivity index (χ0) is 15.4. The topological polar surface area (TPSA) is 92.4 Å². The average Bonchev–Trinajstić information content (AvgIpc) is 2.37. The van der Waals surface area contributed by atoms with Crippen LogP contribution in [-0.2, 0) is 16.4 Å². The molecular weight excluding hydrogens is 276 g/mol. The van der Waals surface area contributed by atoms with Crippen molar-refractivity contribution in [1.82, 2.24) is 4.72 Å². The summed E-state index contributed by atoms with van der Waals surface area (Å²) in [6, 6.07) is 4.93. The molecule has 0 fully saturated rings. The Labute approximate surface area is 121 Å². The lowest BCUT2D eigenvalue weighted by atomic mass is 9.90. The van der Waals surface area contributed by atoms with Gasteiger partial charge in [-0.05, 0) is 36.0 Å². The first-order valence-electron chi connectivity index (χ1n) is 6.71. The molecule has 0 heterocycles. The van der Waals surface area contributed by atoms with Gasteiger partial charge < -0.3 is 10.8 Å². The van der Waals surface area contributed by atoms with Crippen molar-refractivity contribution in [1.29, 1.82) is 0 Å². The number of aryl methyl sites for hydroxylation is 1. The number of anilines is 1. The normalized spacial score (nSPS) is 12.6. The molecule has 1 rings (SSSR count). The van der Waals surface area contributed by atoms with E-state index in [9.17, 15) is 8.42 Å². The maximum atomic E-state index is 12.4. The van der Waals surface area contributed by atoms with Crippen LogP contribution in [0.1, 0.15) is 32.8 Å². The summed E-state index contributed by atoms with van der Waals surface area (Å²) in [7, 11) is -3.59. The number of nitrogens with one attached hydrogen (secondary N) is 1. The summed E-state index contributed by atoms with van der Waals surface area (Å²) in [4.78, 5) is 0.236. The second-order valence-electron chi connectivity index (χ2n) is 5.68.